The molecule has 30 heavy (non-hydrogen) atoms. The number of halogens is 1. The Labute approximate surface area is 177 Å². The molecule has 4 rings (SSSR count). The largest absolute Gasteiger partial charge is 0.352 e. The van der Waals surface area contributed by atoms with Crippen LogP contribution in [0.4, 0.5) is 4.39 Å². The smallest absolute Gasteiger partial charge is 0.254 e. The van der Waals surface area contributed by atoms with Crippen LogP contribution < -0.4 is 10.6 Å². The van der Waals surface area contributed by atoms with Crippen LogP contribution in [0.1, 0.15) is 60.5 Å². The quantitative estimate of drug-likeness (QED) is 0.685. The lowest BCUT2D eigenvalue weighted by atomic mass is 9.91. The molecule has 0 saturated carbocycles. The molecule has 0 bridgehead atoms. The number of aromatic nitrogens is 2. The van der Waals surface area contributed by atoms with Crippen LogP contribution >= 0.6 is 0 Å². The number of likely N-dealkylation sites (tertiary alicyclic amines) is 1. The maximum absolute atomic E-state index is 13.4. The number of carbonyl (C=O) groups is 1. The zero-order valence-electron chi connectivity index (χ0n) is 17.6. The fourth-order valence-electron chi connectivity index (χ4n) is 4.59. The zero-order chi connectivity index (χ0) is 20.8. The molecule has 1 aromatic carbocycles. The van der Waals surface area contributed by atoms with Crippen LogP contribution in [0.15, 0.2) is 30.5 Å². The van der Waals surface area contributed by atoms with E-state index in [0.29, 0.717) is 12.1 Å². The summed E-state index contributed by atoms with van der Waals surface area (Å²) in [5, 5.41) is 11.0. The third-order valence-electron chi connectivity index (χ3n) is 6.23. The summed E-state index contributed by atoms with van der Waals surface area (Å²) in [5.41, 5.74) is 2.37. The van der Waals surface area contributed by atoms with Crippen molar-refractivity contribution in [3.8, 4) is 5.69 Å². The monoisotopic (exact) mass is 413 g/mol. The van der Waals surface area contributed by atoms with Crippen LogP contribution in [0.5, 0.6) is 0 Å². The van der Waals surface area contributed by atoms with E-state index >= 15 is 0 Å². The van der Waals surface area contributed by atoms with Crippen molar-refractivity contribution < 1.29 is 9.18 Å². The minimum atomic E-state index is -0.277. The summed E-state index contributed by atoms with van der Waals surface area (Å²) >= 11 is 0. The summed E-state index contributed by atoms with van der Waals surface area (Å²) in [6.45, 7) is 5.92. The highest BCUT2D eigenvalue weighted by atomic mass is 19.1. The molecule has 2 N–H and O–H groups in total. The molecule has 0 spiro atoms. The van der Waals surface area contributed by atoms with Gasteiger partial charge in [0.15, 0.2) is 0 Å². The van der Waals surface area contributed by atoms with E-state index in [1.807, 2.05) is 4.68 Å². The molecule has 0 atom stereocenters. The first-order valence-electron chi connectivity index (χ1n) is 11.3. The normalized spacial score (nSPS) is 18.4. The molecule has 1 amide bonds. The van der Waals surface area contributed by atoms with Crippen LogP contribution in [0, 0.1) is 5.82 Å². The number of nitrogens with zero attached hydrogens (tertiary/aromatic N) is 3. The van der Waals surface area contributed by atoms with Crippen molar-refractivity contribution in [1.29, 1.82) is 0 Å². The maximum atomic E-state index is 13.4. The lowest BCUT2D eigenvalue weighted by Crippen LogP contribution is -2.34. The van der Waals surface area contributed by atoms with Gasteiger partial charge >= 0.3 is 0 Å². The van der Waals surface area contributed by atoms with Gasteiger partial charge in [0, 0.05) is 12.5 Å². The third kappa shape index (κ3) is 5.08. The SMILES string of the molecule is O=C(NCCCN1CCCCC1)c1cnn(-c2ccc(F)cc2)c1C1CCNCC1. The number of amides is 1. The van der Waals surface area contributed by atoms with Gasteiger partial charge in [-0.25, -0.2) is 9.07 Å². The van der Waals surface area contributed by atoms with Gasteiger partial charge in [-0.15, -0.1) is 0 Å². The molecule has 0 aliphatic carbocycles. The van der Waals surface area contributed by atoms with Gasteiger partial charge in [-0.3, -0.25) is 4.79 Å². The van der Waals surface area contributed by atoms with Crippen LogP contribution in [0.25, 0.3) is 5.69 Å². The Morgan fingerprint density at radius 1 is 1.13 bits per heavy atom. The number of nitrogens with one attached hydrogen (secondary N) is 2. The Hall–Kier alpha value is -2.25. The molecule has 0 unspecified atom stereocenters. The molecule has 2 aromatic rings. The third-order valence-corrected chi connectivity index (χ3v) is 6.23. The summed E-state index contributed by atoms with van der Waals surface area (Å²) in [4.78, 5) is 15.5. The lowest BCUT2D eigenvalue weighted by molar-refractivity contribution is 0.0949. The van der Waals surface area contributed by atoms with Crippen molar-refractivity contribution in [1.82, 2.24) is 25.3 Å². The van der Waals surface area contributed by atoms with Gasteiger partial charge in [0.1, 0.15) is 5.82 Å². The maximum Gasteiger partial charge on any atom is 0.254 e. The average Bonchev–Trinajstić information content (AvgIpc) is 3.24. The Bertz CT molecular complexity index is 823. The molecular weight excluding hydrogens is 381 g/mol. The minimum absolute atomic E-state index is 0.0597. The first-order valence-corrected chi connectivity index (χ1v) is 11.3. The molecule has 6 nitrogen and oxygen atoms in total. The number of carbonyl (C=O) groups excluding carboxylic acids is 1. The van der Waals surface area contributed by atoms with E-state index in [1.165, 1.54) is 44.5 Å². The van der Waals surface area contributed by atoms with E-state index in [0.717, 1.165) is 50.3 Å². The summed E-state index contributed by atoms with van der Waals surface area (Å²) in [6, 6.07) is 6.30. The molecular formula is C23H32FN5O. The van der Waals surface area contributed by atoms with Gasteiger partial charge in [0.05, 0.1) is 23.1 Å². The van der Waals surface area contributed by atoms with Crippen molar-refractivity contribution in [2.75, 3.05) is 39.3 Å². The van der Waals surface area contributed by atoms with E-state index in [2.05, 4.69) is 20.6 Å². The molecule has 2 fully saturated rings. The molecule has 2 saturated heterocycles. The number of hydrogen-bond acceptors (Lipinski definition) is 4. The Morgan fingerprint density at radius 2 is 1.87 bits per heavy atom. The highest BCUT2D eigenvalue weighted by Crippen LogP contribution is 2.30. The lowest BCUT2D eigenvalue weighted by Gasteiger charge is -2.26. The molecule has 2 aliphatic rings. The van der Waals surface area contributed by atoms with Crippen LogP contribution in [0.3, 0.4) is 0 Å². The summed E-state index contributed by atoms with van der Waals surface area (Å²) < 4.78 is 15.2. The first kappa shape index (κ1) is 21.0. The number of benzene rings is 1. The molecule has 162 valence electrons. The molecule has 7 heteroatoms. The fraction of sp³-hybridized carbons (Fsp3) is 0.565. The summed E-state index contributed by atoms with van der Waals surface area (Å²) in [5.74, 6) is -0.0792. The second-order valence-electron chi connectivity index (χ2n) is 8.37. The molecule has 2 aliphatic heterocycles. The Kier molecular flexibility index (Phi) is 7.12. The topological polar surface area (TPSA) is 62.2 Å². The number of hydrogen-bond donors (Lipinski definition) is 2. The molecule has 1 aromatic heterocycles. The van der Waals surface area contributed by atoms with Crippen LogP contribution in [-0.4, -0.2) is 59.9 Å². The second-order valence-corrected chi connectivity index (χ2v) is 8.37. The van der Waals surface area contributed by atoms with E-state index in [-0.39, 0.29) is 17.6 Å². The minimum Gasteiger partial charge on any atom is -0.352 e. The van der Waals surface area contributed by atoms with Crippen molar-refractivity contribution in [2.45, 2.75) is 44.4 Å². The van der Waals surface area contributed by atoms with E-state index in [1.54, 1.807) is 18.3 Å². The van der Waals surface area contributed by atoms with E-state index in [9.17, 15) is 9.18 Å². The van der Waals surface area contributed by atoms with Crippen LogP contribution in [0.2, 0.25) is 0 Å². The van der Waals surface area contributed by atoms with Gasteiger partial charge < -0.3 is 15.5 Å². The molecule has 0 radical (unpaired) electrons. The highest BCUT2D eigenvalue weighted by molar-refractivity contribution is 5.95. The van der Waals surface area contributed by atoms with Crippen LogP contribution in [-0.2, 0) is 0 Å². The van der Waals surface area contributed by atoms with E-state index < -0.39 is 0 Å². The predicted molar refractivity (Wildman–Crippen MR) is 116 cm³/mol. The van der Waals surface area contributed by atoms with Gasteiger partial charge in [0.25, 0.3) is 5.91 Å². The van der Waals surface area contributed by atoms with E-state index in [4.69, 9.17) is 0 Å². The summed E-state index contributed by atoms with van der Waals surface area (Å²) in [6.07, 6.45) is 8.46. The number of piperidine rings is 2. The van der Waals surface area contributed by atoms with Gasteiger partial charge in [0.2, 0.25) is 0 Å². The highest BCUT2D eigenvalue weighted by Gasteiger charge is 2.27. The van der Waals surface area contributed by atoms with Gasteiger partial charge in [-0.2, -0.15) is 5.10 Å². The zero-order valence-corrected chi connectivity index (χ0v) is 17.6. The Balaban J connectivity index is 1.45. The van der Waals surface area contributed by atoms with Crippen molar-refractivity contribution >= 4 is 5.91 Å². The van der Waals surface area contributed by atoms with Gasteiger partial charge in [-0.05, 0) is 89.1 Å². The van der Waals surface area contributed by atoms with Crippen molar-refractivity contribution in [3.05, 3.63) is 47.5 Å². The molecule has 3 heterocycles. The second kappa shape index (κ2) is 10.2. The van der Waals surface area contributed by atoms with Crippen molar-refractivity contribution in [2.24, 2.45) is 0 Å². The van der Waals surface area contributed by atoms with Crippen molar-refractivity contribution in [3.63, 3.8) is 0 Å². The average molecular weight is 414 g/mol. The number of rotatable bonds is 7. The Morgan fingerprint density at radius 3 is 2.60 bits per heavy atom. The standard InChI is InChI=1S/C23H32FN5O/c24-19-5-7-20(8-6-19)29-22(18-9-12-25-13-10-18)21(17-27-29)23(30)26-11-4-16-28-14-2-1-3-15-28/h5-8,17-18,25H,1-4,9-16H2,(H,26,30). The van der Waals surface area contributed by atoms with Gasteiger partial charge in [-0.1, -0.05) is 6.42 Å². The fourth-order valence-corrected chi connectivity index (χ4v) is 4.59. The predicted octanol–water partition coefficient (Wildman–Crippen LogP) is 3.08. The first-order chi connectivity index (χ1) is 14.7. The summed E-state index contributed by atoms with van der Waals surface area (Å²) in [7, 11) is 0.